The minimum absolute atomic E-state index is 0.0697. The molecule has 0 atom stereocenters. The van der Waals surface area contributed by atoms with Gasteiger partial charge in [-0.15, -0.1) is 11.3 Å². The van der Waals surface area contributed by atoms with E-state index in [1.165, 1.54) is 30.5 Å². The predicted molar refractivity (Wildman–Crippen MR) is 108 cm³/mol. The molecule has 0 radical (unpaired) electrons. The Hall–Kier alpha value is -4.18. The summed E-state index contributed by atoms with van der Waals surface area (Å²) in [5.74, 6) is 0. The number of nitro benzene ring substituents is 2. The molecule has 16 heteroatoms. The monoisotopic (exact) mass is 463 g/mol. The maximum absolute atomic E-state index is 12.4. The molecule has 158 valence electrons. The molecule has 2 heterocycles. The van der Waals surface area contributed by atoms with Crippen molar-refractivity contribution < 1.29 is 22.9 Å². The summed E-state index contributed by atoms with van der Waals surface area (Å²) in [6, 6.07) is 6.01. The number of anilines is 3. The first-order chi connectivity index (χ1) is 14.8. The van der Waals surface area contributed by atoms with E-state index in [-0.39, 0.29) is 32.4 Å². The fourth-order valence-corrected chi connectivity index (χ4v) is 4.42. The number of thiazole rings is 1. The molecule has 4 aromatic rings. The van der Waals surface area contributed by atoms with Gasteiger partial charge in [-0.2, -0.15) is 0 Å². The topological polar surface area (TPSA) is 196 Å². The van der Waals surface area contributed by atoms with E-state index >= 15 is 0 Å². The molecule has 0 aliphatic carbocycles. The molecule has 0 bridgehead atoms. The number of hydrogen-bond donors (Lipinski definition) is 2. The van der Waals surface area contributed by atoms with Crippen LogP contribution >= 0.6 is 11.3 Å². The normalized spacial score (nSPS) is 11.4. The molecule has 0 saturated carbocycles. The number of non-ortho nitro benzene ring substituents is 1. The molecule has 31 heavy (non-hydrogen) atoms. The minimum atomic E-state index is -3.89. The van der Waals surface area contributed by atoms with Crippen LogP contribution in [-0.4, -0.2) is 33.6 Å². The Balaban J connectivity index is 1.69. The molecule has 0 amide bonds. The van der Waals surface area contributed by atoms with Gasteiger partial charge in [0.2, 0.25) is 5.52 Å². The molecule has 2 aromatic carbocycles. The summed E-state index contributed by atoms with van der Waals surface area (Å²) in [6.45, 7) is 0. The fraction of sp³-hybridized carbons (Fsp3) is 0. The van der Waals surface area contributed by atoms with Gasteiger partial charge in [0.1, 0.15) is 5.69 Å². The second kappa shape index (κ2) is 7.58. The zero-order chi connectivity index (χ0) is 22.2. The van der Waals surface area contributed by atoms with Crippen molar-refractivity contribution in [3.63, 3.8) is 0 Å². The summed E-state index contributed by atoms with van der Waals surface area (Å²) in [4.78, 5) is 24.8. The van der Waals surface area contributed by atoms with Gasteiger partial charge >= 0.3 is 11.4 Å². The summed E-state index contributed by atoms with van der Waals surface area (Å²) < 4.78 is 31.7. The van der Waals surface area contributed by atoms with Crippen LogP contribution in [0.2, 0.25) is 0 Å². The quantitative estimate of drug-likeness (QED) is 0.302. The smallest absolute Gasteiger partial charge is 0.307 e. The number of sulfonamides is 1. The highest BCUT2D eigenvalue weighted by Gasteiger charge is 2.29. The summed E-state index contributed by atoms with van der Waals surface area (Å²) >= 11 is 1.11. The van der Waals surface area contributed by atoms with Gasteiger partial charge in [0.15, 0.2) is 10.6 Å². The van der Waals surface area contributed by atoms with Crippen LogP contribution in [0.3, 0.4) is 0 Å². The summed E-state index contributed by atoms with van der Waals surface area (Å²) in [5.41, 5.74) is -1.69. The molecule has 0 aliphatic rings. The van der Waals surface area contributed by atoms with Crippen molar-refractivity contribution in [2.75, 3.05) is 10.0 Å². The maximum Gasteiger partial charge on any atom is 0.307 e. The number of hydrogen-bond acceptors (Lipinski definition) is 12. The van der Waals surface area contributed by atoms with Crippen molar-refractivity contribution in [3.05, 3.63) is 62.1 Å². The Kier molecular flexibility index (Phi) is 4.91. The van der Waals surface area contributed by atoms with Crippen LogP contribution in [0.4, 0.5) is 27.9 Å². The van der Waals surface area contributed by atoms with Crippen LogP contribution in [0.25, 0.3) is 11.0 Å². The van der Waals surface area contributed by atoms with Crippen molar-refractivity contribution >= 4 is 60.3 Å². The summed E-state index contributed by atoms with van der Waals surface area (Å²) in [5, 5.41) is 34.2. The van der Waals surface area contributed by atoms with E-state index in [4.69, 9.17) is 0 Å². The first kappa shape index (κ1) is 20.1. The molecule has 2 N–H and O–H groups in total. The number of nitro groups is 2. The third kappa shape index (κ3) is 3.83. The predicted octanol–water partition coefficient (Wildman–Crippen LogP) is 3.04. The Bertz CT molecular complexity index is 1400. The van der Waals surface area contributed by atoms with Crippen molar-refractivity contribution in [2.45, 2.75) is 4.90 Å². The van der Waals surface area contributed by atoms with E-state index < -0.39 is 31.2 Å². The molecule has 2 aromatic heterocycles. The molecule has 0 saturated heterocycles. The van der Waals surface area contributed by atoms with Gasteiger partial charge < -0.3 is 5.32 Å². The van der Waals surface area contributed by atoms with Gasteiger partial charge in [-0.1, -0.05) is 0 Å². The Labute approximate surface area is 175 Å². The van der Waals surface area contributed by atoms with Crippen molar-refractivity contribution in [1.82, 2.24) is 15.3 Å². The lowest BCUT2D eigenvalue weighted by Gasteiger charge is -2.09. The number of benzene rings is 2. The molecule has 14 nitrogen and oxygen atoms in total. The minimum Gasteiger partial charge on any atom is -0.348 e. The molecule has 0 aliphatic heterocycles. The van der Waals surface area contributed by atoms with Crippen LogP contribution in [0, 0.1) is 20.2 Å². The van der Waals surface area contributed by atoms with Crippen LogP contribution in [0.15, 0.2) is 51.4 Å². The Morgan fingerprint density at radius 3 is 2.29 bits per heavy atom. The van der Waals surface area contributed by atoms with Crippen molar-refractivity contribution in [3.8, 4) is 0 Å². The first-order valence-electron chi connectivity index (χ1n) is 8.14. The molecule has 0 unspecified atom stereocenters. The van der Waals surface area contributed by atoms with Gasteiger partial charge in [-0.3, -0.25) is 25.0 Å². The first-order valence-corrected chi connectivity index (χ1v) is 10.5. The van der Waals surface area contributed by atoms with Gasteiger partial charge in [0.25, 0.3) is 10.0 Å². The second-order valence-corrected chi connectivity index (χ2v) is 8.43. The third-order valence-corrected chi connectivity index (χ3v) is 6.15. The highest BCUT2D eigenvalue weighted by Crippen LogP contribution is 2.39. The average Bonchev–Trinajstić information content (AvgIpc) is 3.39. The van der Waals surface area contributed by atoms with E-state index in [9.17, 15) is 28.6 Å². The van der Waals surface area contributed by atoms with Crippen LogP contribution < -0.4 is 10.0 Å². The Morgan fingerprint density at radius 2 is 1.68 bits per heavy atom. The van der Waals surface area contributed by atoms with Gasteiger partial charge in [0, 0.05) is 17.3 Å². The standard InChI is InChI=1S/C15H9N7O7S2/c23-21(24)10-7-11(22(25)26)13-14(19-29-18-13)12(10)17-8-1-3-9(4-2-8)31(27,28)20-15-16-5-6-30-15/h1-7,17H,(H,16,20). The second-order valence-electron chi connectivity index (χ2n) is 5.86. The lowest BCUT2D eigenvalue weighted by molar-refractivity contribution is -0.392. The van der Waals surface area contributed by atoms with E-state index in [0.717, 1.165) is 17.4 Å². The highest BCUT2D eigenvalue weighted by molar-refractivity contribution is 7.93. The molecular formula is C15H9N7O7S2. The van der Waals surface area contributed by atoms with Crippen LogP contribution in [0.5, 0.6) is 0 Å². The lowest BCUT2D eigenvalue weighted by Crippen LogP contribution is -2.12. The molecular weight excluding hydrogens is 454 g/mol. The van der Waals surface area contributed by atoms with Gasteiger partial charge in [-0.25, -0.2) is 18.0 Å². The zero-order valence-electron chi connectivity index (χ0n) is 15.0. The largest absolute Gasteiger partial charge is 0.348 e. The van der Waals surface area contributed by atoms with E-state index in [1.54, 1.807) is 5.38 Å². The summed E-state index contributed by atoms with van der Waals surface area (Å²) in [7, 11) is -3.89. The van der Waals surface area contributed by atoms with E-state index in [1.807, 2.05) is 0 Å². The Morgan fingerprint density at radius 1 is 1.00 bits per heavy atom. The fourth-order valence-electron chi connectivity index (χ4n) is 2.63. The van der Waals surface area contributed by atoms with Crippen molar-refractivity contribution in [1.29, 1.82) is 0 Å². The van der Waals surface area contributed by atoms with E-state index in [0.29, 0.717) is 0 Å². The molecule has 0 fully saturated rings. The lowest BCUT2D eigenvalue weighted by atomic mass is 10.2. The number of aromatic nitrogens is 3. The number of nitrogens with one attached hydrogen (secondary N) is 2. The van der Waals surface area contributed by atoms with Crippen molar-refractivity contribution in [2.24, 2.45) is 0 Å². The van der Waals surface area contributed by atoms with E-state index in [2.05, 4.69) is 30.0 Å². The van der Waals surface area contributed by atoms with Crippen LogP contribution in [-0.2, 0) is 10.0 Å². The SMILES string of the molecule is O=[N+]([O-])c1cc([N+](=O)[O-])c2nonc2c1Nc1ccc(S(=O)(=O)Nc2nccs2)cc1. The van der Waals surface area contributed by atoms with Crippen LogP contribution in [0.1, 0.15) is 0 Å². The number of rotatable bonds is 7. The molecule has 4 rings (SSSR count). The third-order valence-electron chi connectivity index (χ3n) is 3.98. The van der Waals surface area contributed by atoms with Gasteiger partial charge in [-0.05, 0) is 34.6 Å². The van der Waals surface area contributed by atoms with Gasteiger partial charge in [0.05, 0.1) is 20.8 Å². The number of nitrogens with zero attached hydrogens (tertiary/aromatic N) is 5. The molecule has 0 spiro atoms. The zero-order valence-corrected chi connectivity index (χ0v) is 16.6. The highest BCUT2D eigenvalue weighted by atomic mass is 32.2. The average molecular weight is 463 g/mol. The number of fused-ring (bicyclic) bond motifs is 1. The summed E-state index contributed by atoms with van der Waals surface area (Å²) in [6.07, 6.45) is 1.45. The maximum atomic E-state index is 12.4.